The van der Waals surface area contributed by atoms with Crippen molar-refractivity contribution >= 4 is 33.3 Å². The van der Waals surface area contributed by atoms with Gasteiger partial charge >= 0.3 is 5.97 Å². The van der Waals surface area contributed by atoms with E-state index in [-0.39, 0.29) is 36.0 Å². The number of hydrogen-bond acceptors (Lipinski definition) is 6. The number of ether oxygens (including phenoxy) is 2. The fourth-order valence-corrected chi connectivity index (χ4v) is 5.41. The van der Waals surface area contributed by atoms with Crippen LogP contribution in [-0.4, -0.2) is 62.5 Å². The van der Waals surface area contributed by atoms with Crippen LogP contribution in [0.4, 0.5) is 0 Å². The predicted molar refractivity (Wildman–Crippen MR) is 120 cm³/mol. The molecule has 0 aromatic heterocycles. The molecule has 1 heterocycles. The molecule has 0 radical (unpaired) electrons. The molecule has 1 fully saturated rings. The maximum atomic E-state index is 12.6. The number of unbranched alkanes of at least 4 members (excludes halogenated alkanes) is 1. The van der Waals surface area contributed by atoms with Gasteiger partial charge in [-0.25, -0.2) is 13.2 Å². The number of halogens is 1. The van der Waals surface area contributed by atoms with E-state index in [4.69, 9.17) is 21.1 Å². The molecule has 1 aliphatic heterocycles. The van der Waals surface area contributed by atoms with Gasteiger partial charge in [0.15, 0.2) is 23.1 Å². The summed E-state index contributed by atoms with van der Waals surface area (Å²) in [6, 6.07) is 3.25. The van der Waals surface area contributed by atoms with Crippen LogP contribution in [0.5, 0.6) is 5.75 Å². The largest absolute Gasteiger partial charge is 0.482 e. The van der Waals surface area contributed by atoms with Crippen LogP contribution in [0.15, 0.2) is 12.1 Å². The van der Waals surface area contributed by atoms with Crippen molar-refractivity contribution < 1.29 is 27.5 Å². The molecule has 9 heteroatoms. The molecule has 1 aromatic carbocycles. The van der Waals surface area contributed by atoms with Crippen molar-refractivity contribution in [3.8, 4) is 5.75 Å². The number of aryl methyl sites for hydroxylation is 1. The summed E-state index contributed by atoms with van der Waals surface area (Å²) in [5.74, 6) is -0.284. The van der Waals surface area contributed by atoms with Gasteiger partial charge in [-0.05, 0) is 48.9 Å². The number of rotatable bonds is 10. The fourth-order valence-electron chi connectivity index (χ4n) is 3.51. The van der Waals surface area contributed by atoms with Gasteiger partial charge in [-0.2, -0.15) is 0 Å². The third kappa shape index (κ3) is 7.38. The van der Waals surface area contributed by atoms with Gasteiger partial charge in [0.25, 0.3) is 5.91 Å². The van der Waals surface area contributed by atoms with E-state index in [1.54, 1.807) is 11.0 Å². The molecule has 0 bridgehead atoms. The van der Waals surface area contributed by atoms with Crippen LogP contribution < -0.4 is 4.74 Å². The lowest BCUT2D eigenvalue weighted by molar-refractivity contribution is -0.154. The molecule has 0 saturated carbocycles. The second kappa shape index (κ2) is 11.2. The van der Waals surface area contributed by atoms with Gasteiger partial charge < -0.3 is 14.4 Å². The lowest BCUT2D eigenvalue weighted by Crippen LogP contribution is -2.44. The Kier molecular flexibility index (Phi) is 9.18. The van der Waals surface area contributed by atoms with Crippen LogP contribution in [0.3, 0.4) is 0 Å². The van der Waals surface area contributed by atoms with Crippen LogP contribution in [0.25, 0.3) is 0 Å². The molecule has 1 atom stereocenters. The van der Waals surface area contributed by atoms with E-state index in [2.05, 4.69) is 0 Å². The summed E-state index contributed by atoms with van der Waals surface area (Å²) >= 11 is 6.19. The minimum Gasteiger partial charge on any atom is -0.482 e. The van der Waals surface area contributed by atoms with E-state index >= 15 is 0 Å². The highest BCUT2D eigenvalue weighted by atomic mass is 35.5. The summed E-state index contributed by atoms with van der Waals surface area (Å²) in [5.41, 5.74) is 1.72. The summed E-state index contributed by atoms with van der Waals surface area (Å²) in [6.45, 7) is 7.53. The van der Waals surface area contributed by atoms with Crippen LogP contribution >= 0.6 is 11.6 Å². The summed E-state index contributed by atoms with van der Waals surface area (Å²) in [5, 5.41) is 0.630. The van der Waals surface area contributed by atoms with Gasteiger partial charge in [-0.3, -0.25) is 4.79 Å². The normalized spacial score (nSPS) is 17.5. The van der Waals surface area contributed by atoms with E-state index < -0.39 is 22.4 Å². The lowest BCUT2D eigenvalue weighted by atomic mass is 10.0. The average Bonchev–Trinajstić information content (AvgIpc) is 3.06. The Labute approximate surface area is 190 Å². The molecule has 7 nitrogen and oxygen atoms in total. The highest BCUT2D eigenvalue weighted by Crippen LogP contribution is 2.32. The van der Waals surface area contributed by atoms with Crippen molar-refractivity contribution in [1.29, 1.82) is 0 Å². The van der Waals surface area contributed by atoms with E-state index in [0.29, 0.717) is 23.7 Å². The average molecular weight is 474 g/mol. The lowest BCUT2D eigenvalue weighted by Gasteiger charge is -2.28. The van der Waals surface area contributed by atoms with E-state index in [9.17, 15) is 18.0 Å². The maximum Gasteiger partial charge on any atom is 0.344 e. The zero-order valence-corrected chi connectivity index (χ0v) is 20.2. The third-order valence-corrected chi connectivity index (χ3v) is 7.49. The first-order valence-corrected chi connectivity index (χ1v) is 12.8. The zero-order chi connectivity index (χ0) is 23.2. The Morgan fingerprint density at radius 1 is 1.26 bits per heavy atom. The number of nitrogens with zero attached hydrogens (tertiary/aromatic N) is 1. The van der Waals surface area contributed by atoms with Gasteiger partial charge in [0, 0.05) is 17.6 Å². The van der Waals surface area contributed by atoms with Gasteiger partial charge in [0.05, 0.1) is 11.5 Å². The standard InChI is InChI=1S/C22H32ClNO6S/c1-5-6-8-24(17-7-9-31(27,28)14-17)21(25)12-30-22(26)13-29-20-10-16(4)19(23)11-18(20)15(2)3/h10-11,15,17H,5-9,12-14H2,1-4H3. The Morgan fingerprint density at radius 3 is 2.55 bits per heavy atom. The first kappa shape index (κ1) is 25.5. The summed E-state index contributed by atoms with van der Waals surface area (Å²) in [6.07, 6.45) is 2.05. The zero-order valence-electron chi connectivity index (χ0n) is 18.6. The van der Waals surface area contributed by atoms with Gasteiger partial charge in [-0.15, -0.1) is 0 Å². The number of amides is 1. The quantitative estimate of drug-likeness (QED) is 0.483. The molecule has 0 N–H and O–H groups in total. The van der Waals surface area contributed by atoms with Crippen LogP contribution in [-0.2, 0) is 24.2 Å². The van der Waals surface area contributed by atoms with Crippen LogP contribution in [0.2, 0.25) is 5.02 Å². The Bertz CT molecular complexity index is 900. The molecule has 0 spiro atoms. The second-order valence-electron chi connectivity index (χ2n) is 8.24. The van der Waals surface area contributed by atoms with E-state index in [1.165, 1.54) is 0 Å². The Hall–Kier alpha value is -1.80. The van der Waals surface area contributed by atoms with Crippen LogP contribution in [0, 0.1) is 6.92 Å². The third-order valence-electron chi connectivity index (χ3n) is 5.34. The Balaban J connectivity index is 1.93. The van der Waals surface area contributed by atoms with Crippen molar-refractivity contribution in [1.82, 2.24) is 4.90 Å². The highest BCUT2D eigenvalue weighted by molar-refractivity contribution is 7.91. The molecule has 1 unspecified atom stereocenters. The molecule has 174 valence electrons. The fraction of sp³-hybridized carbons (Fsp3) is 0.636. The van der Waals surface area contributed by atoms with Gasteiger partial charge in [-0.1, -0.05) is 38.8 Å². The number of hydrogen-bond donors (Lipinski definition) is 0. The SMILES string of the molecule is CCCCN(C(=O)COC(=O)COc1cc(C)c(Cl)cc1C(C)C)C1CCS(=O)(=O)C1. The van der Waals surface area contributed by atoms with Crippen molar-refractivity contribution in [3.05, 3.63) is 28.3 Å². The first-order valence-electron chi connectivity index (χ1n) is 10.6. The second-order valence-corrected chi connectivity index (χ2v) is 10.9. The number of benzene rings is 1. The highest BCUT2D eigenvalue weighted by Gasteiger charge is 2.34. The minimum atomic E-state index is -3.12. The molecular formula is C22H32ClNO6S. The molecule has 2 rings (SSSR count). The number of esters is 1. The molecule has 0 aliphatic carbocycles. The van der Waals surface area contributed by atoms with Crippen molar-refractivity contribution in [2.75, 3.05) is 31.3 Å². The monoisotopic (exact) mass is 473 g/mol. The molecule has 1 amide bonds. The maximum absolute atomic E-state index is 12.6. The molecule has 1 aromatic rings. The van der Waals surface area contributed by atoms with Crippen molar-refractivity contribution in [3.63, 3.8) is 0 Å². The summed E-state index contributed by atoms with van der Waals surface area (Å²) in [7, 11) is -3.12. The Morgan fingerprint density at radius 2 is 1.97 bits per heavy atom. The van der Waals surface area contributed by atoms with Gasteiger partial charge in [0.2, 0.25) is 0 Å². The van der Waals surface area contributed by atoms with Crippen molar-refractivity contribution in [2.24, 2.45) is 0 Å². The molecule has 31 heavy (non-hydrogen) atoms. The molecular weight excluding hydrogens is 442 g/mol. The van der Waals surface area contributed by atoms with E-state index in [0.717, 1.165) is 24.0 Å². The summed E-state index contributed by atoms with van der Waals surface area (Å²) in [4.78, 5) is 26.4. The predicted octanol–water partition coefficient (Wildman–Crippen LogP) is 3.51. The molecule has 1 aliphatic rings. The van der Waals surface area contributed by atoms with Crippen molar-refractivity contribution in [2.45, 2.75) is 58.9 Å². The molecule has 1 saturated heterocycles. The summed E-state index contributed by atoms with van der Waals surface area (Å²) < 4.78 is 34.4. The van der Waals surface area contributed by atoms with E-state index in [1.807, 2.05) is 33.8 Å². The van der Waals surface area contributed by atoms with Gasteiger partial charge in [0.1, 0.15) is 5.75 Å². The first-order chi connectivity index (χ1) is 14.5. The minimum absolute atomic E-state index is 0.0343. The topological polar surface area (TPSA) is 90.0 Å². The van der Waals surface area contributed by atoms with Crippen LogP contribution in [0.1, 0.15) is 57.1 Å². The number of carbonyl (C=O) groups excluding carboxylic acids is 2. The smallest absolute Gasteiger partial charge is 0.344 e. The number of sulfone groups is 1. The number of carbonyl (C=O) groups is 2.